The van der Waals surface area contributed by atoms with Gasteiger partial charge < -0.3 is 19.9 Å². The van der Waals surface area contributed by atoms with E-state index < -0.39 is 0 Å². The predicted molar refractivity (Wildman–Crippen MR) is 89.6 cm³/mol. The van der Waals surface area contributed by atoms with Crippen LogP contribution in [-0.4, -0.2) is 55.0 Å². The number of ether oxygens (including phenoxy) is 1. The van der Waals surface area contributed by atoms with Crippen molar-refractivity contribution < 1.29 is 14.3 Å². The molecule has 23 heavy (non-hydrogen) atoms. The number of hydrogen-bond donors (Lipinski definition) is 1. The van der Waals surface area contributed by atoms with Crippen molar-refractivity contribution in [3.8, 4) is 5.75 Å². The van der Waals surface area contributed by atoms with Crippen LogP contribution in [0.3, 0.4) is 0 Å². The number of carbonyl (C=O) groups is 2. The Labute approximate surface area is 137 Å². The SMILES string of the molecule is COc1cccc(NC(=O)N2CCN(C(=O)C(C)(C)C)CC2)c1. The average molecular weight is 319 g/mol. The molecule has 126 valence electrons. The first-order chi connectivity index (χ1) is 10.8. The molecular weight excluding hydrogens is 294 g/mol. The summed E-state index contributed by atoms with van der Waals surface area (Å²) in [6, 6.07) is 7.10. The van der Waals surface area contributed by atoms with Crippen molar-refractivity contribution >= 4 is 17.6 Å². The van der Waals surface area contributed by atoms with Gasteiger partial charge >= 0.3 is 6.03 Å². The molecule has 0 unspecified atom stereocenters. The molecule has 0 aromatic heterocycles. The number of amides is 3. The quantitative estimate of drug-likeness (QED) is 0.910. The van der Waals surface area contributed by atoms with Gasteiger partial charge in [-0.1, -0.05) is 26.8 Å². The second kappa shape index (κ2) is 6.89. The van der Waals surface area contributed by atoms with E-state index in [1.54, 1.807) is 18.1 Å². The van der Waals surface area contributed by atoms with Crippen LogP contribution in [0.25, 0.3) is 0 Å². The number of nitrogens with one attached hydrogen (secondary N) is 1. The Kier molecular flexibility index (Phi) is 5.13. The molecule has 1 heterocycles. The van der Waals surface area contributed by atoms with E-state index in [0.29, 0.717) is 37.6 Å². The minimum atomic E-state index is -0.384. The lowest BCUT2D eigenvalue weighted by Gasteiger charge is -2.37. The Morgan fingerprint density at radius 2 is 1.70 bits per heavy atom. The van der Waals surface area contributed by atoms with Gasteiger partial charge in [-0.25, -0.2) is 4.79 Å². The van der Waals surface area contributed by atoms with E-state index in [0.717, 1.165) is 0 Å². The van der Waals surface area contributed by atoms with Gasteiger partial charge in [0.1, 0.15) is 5.75 Å². The summed E-state index contributed by atoms with van der Waals surface area (Å²) in [5, 5.41) is 2.86. The molecule has 1 aliphatic heterocycles. The third kappa shape index (κ3) is 4.37. The van der Waals surface area contributed by atoms with Crippen LogP contribution in [0.1, 0.15) is 20.8 Å². The van der Waals surface area contributed by atoms with Gasteiger partial charge in [0.15, 0.2) is 0 Å². The molecule has 2 rings (SSSR count). The summed E-state index contributed by atoms with van der Waals surface area (Å²) in [5.74, 6) is 0.828. The summed E-state index contributed by atoms with van der Waals surface area (Å²) in [4.78, 5) is 28.1. The summed E-state index contributed by atoms with van der Waals surface area (Å²) in [6.45, 7) is 7.96. The fourth-order valence-corrected chi connectivity index (χ4v) is 2.49. The van der Waals surface area contributed by atoms with Crippen molar-refractivity contribution in [1.29, 1.82) is 0 Å². The van der Waals surface area contributed by atoms with Crippen molar-refractivity contribution in [3.63, 3.8) is 0 Å². The highest BCUT2D eigenvalue weighted by molar-refractivity contribution is 5.90. The van der Waals surface area contributed by atoms with Gasteiger partial charge in [-0.15, -0.1) is 0 Å². The zero-order valence-electron chi connectivity index (χ0n) is 14.3. The Morgan fingerprint density at radius 1 is 1.09 bits per heavy atom. The largest absolute Gasteiger partial charge is 0.497 e. The van der Waals surface area contributed by atoms with E-state index in [1.165, 1.54) is 0 Å². The monoisotopic (exact) mass is 319 g/mol. The van der Waals surface area contributed by atoms with Crippen molar-refractivity contribution in [2.75, 3.05) is 38.6 Å². The third-order valence-corrected chi connectivity index (χ3v) is 3.82. The molecule has 0 aliphatic carbocycles. The molecule has 1 aliphatic rings. The Morgan fingerprint density at radius 3 is 2.26 bits per heavy atom. The molecule has 1 saturated heterocycles. The maximum absolute atomic E-state index is 12.3. The summed E-state index contributed by atoms with van der Waals surface area (Å²) in [5.41, 5.74) is 0.313. The standard InChI is InChI=1S/C17H25N3O3/c1-17(2,3)15(21)19-8-10-20(11-9-19)16(22)18-13-6-5-7-14(12-13)23-4/h5-7,12H,8-11H2,1-4H3,(H,18,22). The summed E-state index contributed by atoms with van der Waals surface area (Å²) in [7, 11) is 1.59. The van der Waals surface area contributed by atoms with Crippen LogP contribution in [0.15, 0.2) is 24.3 Å². The fraction of sp³-hybridized carbons (Fsp3) is 0.529. The first kappa shape index (κ1) is 17.1. The smallest absolute Gasteiger partial charge is 0.321 e. The number of anilines is 1. The van der Waals surface area contributed by atoms with E-state index in [-0.39, 0.29) is 17.4 Å². The molecule has 0 bridgehead atoms. The average Bonchev–Trinajstić information content (AvgIpc) is 2.53. The molecular formula is C17H25N3O3. The number of benzene rings is 1. The zero-order chi connectivity index (χ0) is 17.0. The maximum atomic E-state index is 12.3. The molecule has 1 N–H and O–H groups in total. The fourth-order valence-electron chi connectivity index (χ4n) is 2.49. The molecule has 1 aromatic carbocycles. The molecule has 1 fully saturated rings. The maximum Gasteiger partial charge on any atom is 0.321 e. The van der Waals surface area contributed by atoms with Crippen molar-refractivity contribution in [3.05, 3.63) is 24.3 Å². The van der Waals surface area contributed by atoms with E-state index in [1.807, 2.05) is 43.9 Å². The van der Waals surface area contributed by atoms with Crippen LogP contribution in [0, 0.1) is 5.41 Å². The second-order valence-corrected chi connectivity index (χ2v) is 6.69. The van der Waals surface area contributed by atoms with E-state index >= 15 is 0 Å². The molecule has 6 nitrogen and oxygen atoms in total. The summed E-state index contributed by atoms with van der Waals surface area (Å²) < 4.78 is 5.15. The molecule has 0 radical (unpaired) electrons. The normalized spacial score (nSPS) is 15.3. The third-order valence-electron chi connectivity index (χ3n) is 3.82. The van der Waals surface area contributed by atoms with Gasteiger partial charge in [-0.2, -0.15) is 0 Å². The minimum absolute atomic E-state index is 0.130. The number of urea groups is 1. The van der Waals surface area contributed by atoms with Crippen LogP contribution in [0.4, 0.5) is 10.5 Å². The van der Waals surface area contributed by atoms with Gasteiger partial charge in [0, 0.05) is 43.3 Å². The van der Waals surface area contributed by atoms with Crippen molar-refractivity contribution in [2.24, 2.45) is 5.41 Å². The first-order valence-corrected chi connectivity index (χ1v) is 7.80. The molecule has 6 heteroatoms. The van der Waals surface area contributed by atoms with Gasteiger partial charge in [0.05, 0.1) is 7.11 Å². The molecule has 0 saturated carbocycles. The Hall–Kier alpha value is -2.24. The number of rotatable bonds is 2. The summed E-state index contributed by atoms with van der Waals surface area (Å²) in [6.07, 6.45) is 0. The van der Waals surface area contributed by atoms with E-state index in [2.05, 4.69) is 5.32 Å². The van der Waals surface area contributed by atoms with Crippen molar-refractivity contribution in [1.82, 2.24) is 9.80 Å². The van der Waals surface area contributed by atoms with Gasteiger partial charge in [-0.3, -0.25) is 4.79 Å². The van der Waals surface area contributed by atoms with E-state index in [9.17, 15) is 9.59 Å². The zero-order valence-corrected chi connectivity index (χ0v) is 14.3. The van der Waals surface area contributed by atoms with Crippen LogP contribution < -0.4 is 10.1 Å². The molecule has 1 aromatic rings. The Bertz CT molecular complexity index is 573. The number of hydrogen-bond acceptors (Lipinski definition) is 3. The lowest BCUT2D eigenvalue weighted by molar-refractivity contribution is -0.140. The van der Waals surface area contributed by atoms with Crippen LogP contribution in [-0.2, 0) is 4.79 Å². The second-order valence-electron chi connectivity index (χ2n) is 6.69. The molecule has 0 spiro atoms. The number of piperazine rings is 1. The number of carbonyl (C=O) groups excluding carboxylic acids is 2. The number of nitrogens with zero attached hydrogens (tertiary/aromatic N) is 2. The topological polar surface area (TPSA) is 61.9 Å². The molecule has 3 amide bonds. The lowest BCUT2D eigenvalue weighted by Crippen LogP contribution is -2.53. The van der Waals surface area contributed by atoms with Crippen LogP contribution in [0.5, 0.6) is 5.75 Å². The summed E-state index contributed by atoms with van der Waals surface area (Å²) >= 11 is 0. The highest BCUT2D eigenvalue weighted by Gasteiger charge is 2.30. The number of methoxy groups -OCH3 is 1. The first-order valence-electron chi connectivity index (χ1n) is 7.80. The minimum Gasteiger partial charge on any atom is -0.497 e. The van der Waals surface area contributed by atoms with Gasteiger partial charge in [0.2, 0.25) is 5.91 Å². The highest BCUT2D eigenvalue weighted by atomic mass is 16.5. The predicted octanol–water partition coefficient (Wildman–Crippen LogP) is 2.42. The lowest BCUT2D eigenvalue weighted by atomic mass is 9.94. The highest BCUT2D eigenvalue weighted by Crippen LogP contribution is 2.20. The van der Waals surface area contributed by atoms with E-state index in [4.69, 9.17) is 4.74 Å². The van der Waals surface area contributed by atoms with Crippen molar-refractivity contribution in [2.45, 2.75) is 20.8 Å². The van der Waals surface area contributed by atoms with Gasteiger partial charge in [0.25, 0.3) is 0 Å². The van der Waals surface area contributed by atoms with Crippen LogP contribution >= 0.6 is 0 Å². The van der Waals surface area contributed by atoms with Crippen LogP contribution in [0.2, 0.25) is 0 Å². The Balaban J connectivity index is 1.89. The van der Waals surface area contributed by atoms with Gasteiger partial charge in [-0.05, 0) is 12.1 Å². The molecule has 0 atom stereocenters.